The Bertz CT molecular complexity index is 918. The van der Waals surface area contributed by atoms with Crippen LogP contribution in [0, 0.1) is 0 Å². The fourth-order valence-electron chi connectivity index (χ4n) is 5.15. The molecule has 1 fully saturated rings. The molecule has 0 amide bonds. The molecule has 0 N–H and O–H groups in total. The van der Waals surface area contributed by atoms with Gasteiger partial charge in [-0.3, -0.25) is 0 Å². The van der Waals surface area contributed by atoms with Gasteiger partial charge < -0.3 is 0 Å². The van der Waals surface area contributed by atoms with Crippen molar-refractivity contribution >= 4 is 0 Å². The Hall–Kier alpha value is -1.63. The number of allylic oxidation sites excluding steroid dienone is 6. The summed E-state index contributed by atoms with van der Waals surface area (Å²) in [5.74, 6) is 0.426. The van der Waals surface area contributed by atoms with Crippen LogP contribution in [0.2, 0.25) is 10.5 Å². The van der Waals surface area contributed by atoms with Gasteiger partial charge in [0.05, 0.1) is 0 Å². The quantitative estimate of drug-likeness (QED) is 0.488. The van der Waals surface area contributed by atoms with Gasteiger partial charge in [-0.1, -0.05) is 0 Å². The Morgan fingerprint density at radius 3 is 1.92 bits per heavy atom. The van der Waals surface area contributed by atoms with Gasteiger partial charge in [-0.2, -0.15) is 0 Å². The van der Waals surface area contributed by atoms with Gasteiger partial charge in [0.1, 0.15) is 0 Å². The third kappa shape index (κ3) is 2.47. The van der Waals surface area contributed by atoms with Crippen LogP contribution in [0.4, 0.5) is 0 Å². The number of hydrogen-bond donors (Lipinski definition) is 0. The molecule has 5 rings (SSSR count). The number of fused-ring (bicyclic) bond motifs is 3. The molecule has 1 saturated carbocycles. The van der Waals surface area contributed by atoms with E-state index < -0.39 is 17.9 Å². The molecule has 26 heavy (non-hydrogen) atoms. The molecule has 0 saturated heterocycles. The van der Waals surface area contributed by atoms with E-state index >= 15 is 0 Å². The summed E-state index contributed by atoms with van der Waals surface area (Å²) in [6, 6.07) is 18.1. The zero-order valence-corrected chi connectivity index (χ0v) is 17.2. The average molecular weight is 373 g/mol. The summed E-state index contributed by atoms with van der Waals surface area (Å²) in [4.78, 5) is 0. The van der Waals surface area contributed by atoms with Crippen LogP contribution in [0.5, 0.6) is 0 Å². The van der Waals surface area contributed by atoms with Crippen LogP contribution in [-0.4, -0.2) is 0 Å². The predicted octanol–water partition coefficient (Wildman–Crippen LogP) is 7.21. The van der Waals surface area contributed by atoms with Gasteiger partial charge in [0, 0.05) is 0 Å². The summed E-state index contributed by atoms with van der Waals surface area (Å²) >= 11 is -1.22. The second-order valence-electron chi connectivity index (χ2n) is 8.00. The first-order chi connectivity index (χ1) is 12.8. The van der Waals surface area contributed by atoms with Crippen molar-refractivity contribution in [3.63, 3.8) is 0 Å². The first-order valence-corrected chi connectivity index (χ1v) is 13.8. The summed E-state index contributed by atoms with van der Waals surface area (Å²) in [6.45, 7) is 0. The number of rotatable bonds is 2. The van der Waals surface area contributed by atoms with Gasteiger partial charge in [0.25, 0.3) is 0 Å². The van der Waals surface area contributed by atoms with Crippen LogP contribution in [0.3, 0.4) is 0 Å². The van der Waals surface area contributed by atoms with Gasteiger partial charge in [-0.05, 0) is 0 Å². The van der Waals surface area contributed by atoms with Gasteiger partial charge in [-0.15, -0.1) is 0 Å². The van der Waals surface area contributed by atoms with Crippen molar-refractivity contribution < 1.29 is 17.9 Å². The minimum absolute atomic E-state index is 0.426. The Balaban J connectivity index is 1.74. The van der Waals surface area contributed by atoms with Crippen molar-refractivity contribution in [2.24, 2.45) is 0 Å². The van der Waals surface area contributed by atoms with Crippen molar-refractivity contribution in [3.05, 3.63) is 92.4 Å². The van der Waals surface area contributed by atoms with E-state index in [0.717, 1.165) is 0 Å². The molecule has 3 aliphatic rings. The van der Waals surface area contributed by atoms with E-state index in [2.05, 4.69) is 71.1 Å². The van der Waals surface area contributed by atoms with E-state index in [1.807, 2.05) is 0 Å². The zero-order chi connectivity index (χ0) is 17.7. The van der Waals surface area contributed by atoms with Crippen LogP contribution >= 0.6 is 0 Å². The van der Waals surface area contributed by atoms with Crippen molar-refractivity contribution in [2.45, 2.75) is 42.1 Å². The fraction of sp³-hybridized carbons (Fsp3) is 0.280. The van der Waals surface area contributed by atoms with E-state index in [9.17, 15) is 0 Å². The first-order valence-electron chi connectivity index (χ1n) is 9.89. The maximum absolute atomic E-state index is 2.53. The second-order valence-corrected chi connectivity index (χ2v) is 11.9. The van der Waals surface area contributed by atoms with Crippen LogP contribution in [0.25, 0.3) is 11.1 Å². The van der Waals surface area contributed by atoms with E-state index in [0.29, 0.717) is 5.92 Å². The summed E-state index contributed by atoms with van der Waals surface area (Å²) in [5.41, 5.74) is 10.9. The Morgan fingerprint density at radius 2 is 1.35 bits per heavy atom. The molecule has 0 aromatic heterocycles. The van der Waals surface area contributed by atoms with E-state index in [1.165, 1.54) is 47.9 Å². The average Bonchev–Trinajstić information content (AvgIpc) is 3.38. The minimum atomic E-state index is -1.22. The normalized spacial score (nSPS) is 18.7. The number of hydrogen-bond acceptors (Lipinski definition) is 0. The molecule has 0 spiro atoms. The van der Waals surface area contributed by atoms with Gasteiger partial charge in [-0.25, -0.2) is 0 Å². The Labute approximate surface area is 163 Å². The molecule has 0 aliphatic heterocycles. The molecule has 0 heterocycles. The summed E-state index contributed by atoms with van der Waals surface area (Å²) < 4.78 is 1.76. The summed E-state index contributed by atoms with van der Waals surface area (Å²) in [6.07, 6.45) is 10.3. The summed E-state index contributed by atoms with van der Waals surface area (Å²) in [7, 11) is 0. The molecule has 0 atom stereocenters. The zero-order valence-electron chi connectivity index (χ0n) is 15.7. The molecule has 2 aromatic rings. The summed E-state index contributed by atoms with van der Waals surface area (Å²) in [5, 5.41) is 5.06. The SMILES string of the molecule is [CH3][Ti]([CH3])[C]1=C(C2c3ccccc3-c3ccccc32)C=CC1=C1CCCC1. The molecule has 129 valence electrons. The van der Waals surface area contributed by atoms with Crippen LogP contribution in [0.15, 0.2) is 81.3 Å². The van der Waals surface area contributed by atoms with E-state index in [-0.39, 0.29) is 0 Å². The second kappa shape index (κ2) is 6.52. The third-order valence-electron chi connectivity index (χ3n) is 6.22. The molecule has 1 heteroatoms. The van der Waals surface area contributed by atoms with Crippen molar-refractivity contribution in [3.8, 4) is 11.1 Å². The van der Waals surface area contributed by atoms with Gasteiger partial charge >= 0.3 is 163 Å². The van der Waals surface area contributed by atoms with Crippen LogP contribution in [-0.2, 0) is 17.9 Å². The van der Waals surface area contributed by atoms with Crippen LogP contribution < -0.4 is 0 Å². The monoisotopic (exact) mass is 373 g/mol. The molecule has 0 bridgehead atoms. The van der Waals surface area contributed by atoms with Crippen molar-refractivity contribution in [1.82, 2.24) is 0 Å². The Kier molecular flexibility index (Phi) is 4.15. The standard InChI is InChI=1S/C23H19.2CH3.Ti/c1-2-8-16(7-1)17-13-14-18(15-17)23-21-11-5-3-9-19(21)20-10-4-6-12-22(20)23;;;/h3-6,9-14,23H,1-2,7-8H2;2*1H3;. The van der Waals surface area contributed by atoms with Crippen molar-refractivity contribution in [1.29, 1.82) is 0 Å². The topological polar surface area (TPSA) is 0 Å². The maximum atomic E-state index is 2.53. The number of benzene rings is 2. The molecule has 0 unspecified atom stereocenters. The fourth-order valence-corrected chi connectivity index (χ4v) is 7.65. The first kappa shape index (κ1) is 16.5. The predicted molar refractivity (Wildman–Crippen MR) is 107 cm³/mol. The molecule has 3 aliphatic carbocycles. The van der Waals surface area contributed by atoms with Crippen molar-refractivity contribution in [2.75, 3.05) is 0 Å². The molecule has 0 nitrogen and oxygen atoms in total. The molecule has 2 aromatic carbocycles. The third-order valence-corrected chi connectivity index (χ3v) is 8.65. The van der Waals surface area contributed by atoms with E-state index in [1.54, 1.807) is 20.6 Å². The molecular weight excluding hydrogens is 348 g/mol. The van der Waals surface area contributed by atoms with Gasteiger partial charge in [0.15, 0.2) is 0 Å². The molecule has 0 radical (unpaired) electrons. The van der Waals surface area contributed by atoms with Crippen LogP contribution in [0.1, 0.15) is 42.7 Å². The van der Waals surface area contributed by atoms with Gasteiger partial charge in [0.2, 0.25) is 0 Å². The van der Waals surface area contributed by atoms with E-state index in [4.69, 9.17) is 0 Å². The molecular formula is C25H25Ti. The Morgan fingerprint density at radius 1 is 0.769 bits per heavy atom.